The fourth-order valence-electron chi connectivity index (χ4n) is 3.43. The summed E-state index contributed by atoms with van der Waals surface area (Å²) in [5, 5.41) is 3.54. The average Bonchev–Trinajstić information content (AvgIpc) is 2.89. The third kappa shape index (κ3) is 2.19. The Kier molecular flexibility index (Phi) is 2.95. The highest BCUT2D eigenvalue weighted by molar-refractivity contribution is 4.92. The maximum absolute atomic E-state index is 5.48. The van der Waals surface area contributed by atoms with E-state index >= 15 is 0 Å². The van der Waals surface area contributed by atoms with Gasteiger partial charge in [0.2, 0.25) is 0 Å². The Bertz CT molecular complexity index is 216. The highest BCUT2D eigenvalue weighted by Crippen LogP contribution is 2.37. The Balaban J connectivity index is 1.42. The van der Waals surface area contributed by atoms with E-state index in [0.717, 1.165) is 31.7 Å². The molecule has 0 aromatic rings. The predicted molar refractivity (Wildman–Crippen MR) is 59.9 cm³/mol. The summed E-state index contributed by atoms with van der Waals surface area (Å²) in [4.78, 5) is 2.71. The third-order valence-corrected chi connectivity index (χ3v) is 4.29. The van der Waals surface area contributed by atoms with Crippen molar-refractivity contribution in [1.29, 1.82) is 0 Å². The molecule has 0 aromatic carbocycles. The van der Waals surface area contributed by atoms with E-state index in [0.29, 0.717) is 6.04 Å². The molecule has 3 fully saturated rings. The van der Waals surface area contributed by atoms with Crippen molar-refractivity contribution in [1.82, 2.24) is 10.2 Å². The van der Waals surface area contributed by atoms with Gasteiger partial charge in [0.25, 0.3) is 0 Å². The predicted octanol–water partition coefficient (Wildman–Crippen LogP) is 0.849. The molecule has 1 saturated carbocycles. The Morgan fingerprint density at radius 1 is 1.33 bits per heavy atom. The fraction of sp³-hybridized carbons (Fsp3) is 1.00. The number of nitrogens with one attached hydrogen (secondary N) is 1. The summed E-state index contributed by atoms with van der Waals surface area (Å²) in [6, 6.07) is 1.54. The van der Waals surface area contributed by atoms with Gasteiger partial charge in [-0.2, -0.15) is 0 Å². The zero-order valence-electron chi connectivity index (χ0n) is 9.45. The summed E-state index contributed by atoms with van der Waals surface area (Å²) in [5.41, 5.74) is 0. The first-order chi connectivity index (χ1) is 7.42. The number of fused-ring (bicyclic) bond motifs is 2. The van der Waals surface area contributed by atoms with Gasteiger partial charge in [0, 0.05) is 31.7 Å². The Labute approximate surface area is 92.2 Å². The number of nitrogens with zero attached hydrogens (tertiary/aromatic N) is 1. The van der Waals surface area contributed by atoms with Gasteiger partial charge in [0.1, 0.15) is 0 Å². The second-order valence-electron chi connectivity index (χ2n) is 5.34. The second kappa shape index (κ2) is 4.40. The smallest absolute Gasteiger partial charge is 0.0620 e. The maximum Gasteiger partial charge on any atom is 0.0620 e. The van der Waals surface area contributed by atoms with E-state index < -0.39 is 0 Å². The van der Waals surface area contributed by atoms with Gasteiger partial charge in [-0.1, -0.05) is 0 Å². The molecule has 3 aliphatic rings. The Morgan fingerprint density at radius 3 is 3.00 bits per heavy atom. The number of piperidine rings is 1. The van der Waals surface area contributed by atoms with Crippen LogP contribution in [0.5, 0.6) is 0 Å². The molecule has 0 spiro atoms. The van der Waals surface area contributed by atoms with Crippen LogP contribution in [0.4, 0.5) is 0 Å². The van der Waals surface area contributed by atoms with E-state index in [2.05, 4.69) is 10.2 Å². The first-order valence-electron chi connectivity index (χ1n) is 6.47. The molecule has 15 heavy (non-hydrogen) atoms. The molecule has 3 atom stereocenters. The van der Waals surface area contributed by atoms with E-state index in [-0.39, 0.29) is 0 Å². The quantitative estimate of drug-likeness (QED) is 0.747. The standard InChI is InChI=1S/C12H22N2O/c1-2-12-7-10(1)8-14(12)5-3-11-9-15-6-4-13-11/h10-13H,1-9H2. The minimum absolute atomic E-state index is 0.609. The average molecular weight is 210 g/mol. The van der Waals surface area contributed by atoms with Crippen molar-refractivity contribution in [3.05, 3.63) is 0 Å². The van der Waals surface area contributed by atoms with Crippen LogP contribution in [0.15, 0.2) is 0 Å². The number of hydrogen-bond donors (Lipinski definition) is 1. The van der Waals surface area contributed by atoms with Gasteiger partial charge in [-0.15, -0.1) is 0 Å². The van der Waals surface area contributed by atoms with Crippen LogP contribution in [0.2, 0.25) is 0 Å². The van der Waals surface area contributed by atoms with Crippen molar-refractivity contribution in [2.75, 3.05) is 32.8 Å². The van der Waals surface area contributed by atoms with Crippen molar-refractivity contribution in [2.24, 2.45) is 5.92 Å². The van der Waals surface area contributed by atoms with E-state index in [1.807, 2.05) is 0 Å². The monoisotopic (exact) mass is 210 g/mol. The SMILES string of the molecule is C1COCC(CCN2CC3CCC2C3)N1. The van der Waals surface area contributed by atoms with E-state index in [9.17, 15) is 0 Å². The minimum Gasteiger partial charge on any atom is -0.379 e. The molecule has 1 N–H and O–H groups in total. The molecule has 3 unspecified atom stereocenters. The van der Waals surface area contributed by atoms with Crippen LogP contribution in [0, 0.1) is 5.92 Å². The molecule has 2 saturated heterocycles. The largest absolute Gasteiger partial charge is 0.379 e. The van der Waals surface area contributed by atoms with Crippen LogP contribution in [0.3, 0.4) is 0 Å². The lowest BCUT2D eigenvalue weighted by molar-refractivity contribution is 0.0681. The van der Waals surface area contributed by atoms with Crippen molar-refractivity contribution in [2.45, 2.75) is 37.8 Å². The number of morpholine rings is 1. The van der Waals surface area contributed by atoms with Gasteiger partial charge in [-0.25, -0.2) is 0 Å². The second-order valence-corrected chi connectivity index (χ2v) is 5.34. The van der Waals surface area contributed by atoms with Gasteiger partial charge in [0.15, 0.2) is 0 Å². The Morgan fingerprint density at radius 2 is 2.33 bits per heavy atom. The van der Waals surface area contributed by atoms with Crippen molar-refractivity contribution in [3.63, 3.8) is 0 Å². The first kappa shape index (κ1) is 10.1. The molecule has 3 rings (SSSR count). The highest BCUT2D eigenvalue weighted by Gasteiger charge is 2.37. The van der Waals surface area contributed by atoms with Gasteiger partial charge >= 0.3 is 0 Å². The number of ether oxygens (including phenoxy) is 1. The normalized spacial score (nSPS) is 41.2. The number of hydrogen-bond acceptors (Lipinski definition) is 3. The first-order valence-corrected chi connectivity index (χ1v) is 6.47. The van der Waals surface area contributed by atoms with E-state index in [1.165, 1.54) is 38.8 Å². The van der Waals surface area contributed by atoms with Gasteiger partial charge < -0.3 is 15.0 Å². The molecule has 2 heterocycles. The summed E-state index contributed by atoms with van der Waals surface area (Å²) in [6.45, 7) is 5.50. The van der Waals surface area contributed by atoms with Crippen LogP contribution in [0.1, 0.15) is 25.7 Å². The lowest BCUT2D eigenvalue weighted by Gasteiger charge is -2.30. The fourth-order valence-corrected chi connectivity index (χ4v) is 3.43. The molecular formula is C12H22N2O. The van der Waals surface area contributed by atoms with E-state index in [1.54, 1.807) is 0 Å². The molecule has 0 aromatic heterocycles. The van der Waals surface area contributed by atoms with E-state index in [4.69, 9.17) is 4.74 Å². The molecule has 3 heteroatoms. The van der Waals surface area contributed by atoms with Crippen molar-refractivity contribution in [3.8, 4) is 0 Å². The zero-order chi connectivity index (χ0) is 10.1. The van der Waals surface area contributed by atoms with Crippen molar-refractivity contribution >= 4 is 0 Å². The third-order valence-electron chi connectivity index (χ3n) is 4.29. The lowest BCUT2D eigenvalue weighted by atomic mass is 10.1. The molecule has 0 radical (unpaired) electrons. The van der Waals surface area contributed by atoms with Gasteiger partial charge in [-0.3, -0.25) is 0 Å². The summed E-state index contributed by atoms with van der Waals surface area (Å²) in [6.07, 6.45) is 5.70. The molecule has 2 bridgehead atoms. The topological polar surface area (TPSA) is 24.5 Å². The van der Waals surface area contributed by atoms with Crippen molar-refractivity contribution < 1.29 is 4.74 Å². The molecule has 3 nitrogen and oxygen atoms in total. The summed E-state index contributed by atoms with van der Waals surface area (Å²) in [7, 11) is 0. The highest BCUT2D eigenvalue weighted by atomic mass is 16.5. The molecule has 0 amide bonds. The Hall–Kier alpha value is -0.120. The maximum atomic E-state index is 5.48. The molecule has 2 aliphatic heterocycles. The van der Waals surface area contributed by atoms with Crippen LogP contribution in [-0.2, 0) is 4.74 Å². The minimum atomic E-state index is 0.609. The van der Waals surface area contributed by atoms with Crippen LogP contribution >= 0.6 is 0 Å². The zero-order valence-corrected chi connectivity index (χ0v) is 9.45. The molecule has 1 aliphatic carbocycles. The summed E-state index contributed by atoms with van der Waals surface area (Å²) < 4.78 is 5.48. The van der Waals surface area contributed by atoms with Crippen LogP contribution < -0.4 is 5.32 Å². The molecule has 86 valence electrons. The molecular weight excluding hydrogens is 188 g/mol. The van der Waals surface area contributed by atoms with Crippen LogP contribution in [0.25, 0.3) is 0 Å². The van der Waals surface area contributed by atoms with Gasteiger partial charge in [-0.05, 0) is 31.6 Å². The van der Waals surface area contributed by atoms with Gasteiger partial charge in [0.05, 0.1) is 13.2 Å². The number of likely N-dealkylation sites (tertiary alicyclic amines) is 1. The summed E-state index contributed by atoms with van der Waals surface area (Å²) >= 11 is 0. The lowest BCUT2D eigenvalue weighted by Crippen LogP contribution is -2.44. The summed E-state index contributed by atoms with van der Waals surface area (Å²) in [5.74, 6) is 1.03. The number of rotatable bonds is 3. The van der Waals surface area contributed by atoms with Crippen LogP contribution in [-0.4, -0.2) is 49.8 Å².